The molecular formula is C28H42N6O5S. The Morgan fingerprint density at radius 3 is 2.52 bits per heavy atom. The number of aliphatic hydroxyl groups is 1. The first-order valence-electron chi connectivity index (χ1n) is 14.5. The molecule has 12 heteroatoms. The van der Waals surface area contributed by atoms with Crippen molar-refractivity contribution in [2.75, 3.05) is 25.4 Å². The van der Waals surface area contributed by atoms with Crippen molar-refractivity contribution in [3.63, 3.8) is 0 Å². The van der Waals surface area contributed by atoms with Crippen LogP contribution in [0.3, 0.4) is 0 Å². The zero-order valence-corrected chi connectivity index (χ0v) is 23.8. The molecule has 11 nitrogen and oxygen atoms in total. The topological polar surface area (TPSA) is 153 Å². The number of urea groups is 1. The molecule has 0 radical (unpaired) electrons. The zero-order chi connectivity index (χ0) is 28.3. The lowest BCUT2D eigenvalue weighted by atomic mass is 10.0. The van der Waals surface area contributed by atoms with Gasteiger partial charge in [-0.05, 0) is 56.2 Å². The normalized spacial score (nSPS) is 23.2. The maximum atomic E-state index is 13.1. The van der Waals surface area contributed by atoms with Gasteiger partial charge in [-0.25, -0.2) is 4.79 Å². The Balaban J connectivity index is 1.07. The van der Waals surface area contributed by atoms with Gasteiger partial charge in [0.25, 0.3) is 0 Å². The summed E-state index contributed by atoms with van der Waals surface area (Å²) in [5.41, 5.74) is 0.536. The molecule has 5 N–H and O–H groups in total. The van der Waals surface area contributed by atoms with Crippen molar-refractivity contribution < 1.29 is 24.3 Å². The molecule has 5 atom stereocenters. The van der Waals surface area contributed by atoms with Crippen LogP contribution in [0.4, 0.5) is 4.79 Å². The van der Waals surface area contributed by atoms with Crippen molar-refractivity contribution in [1.82, 2.24) is 31.2 Å². The number of hydrogen-bond donors (Lipinski definition) is 5. The number of nitrogens with one attached hydrogen (secondary N) is 4. The highest BCUT2D eigenvalue weighted by Crippen LogP contribution is 2.33. The number of aliphatic hydroxyl groups excluding tert-OH is 1. The first-order chi connectivity index (χ1) is 19.4. The fourth-order valence-electron chi connectivity index (χ4n) is 5.59. The van der Waals surface area contributed by atoms with Crippen LogP contribution in [0.25, 0.3) is 0 Å². The maximum absolute atomic E-state index is 13.1. The van der Waals surface area contributed by atoms with E-state index in [-0.39, 0.29) is 42.3 Å². The third kappa shape index (κ3) is 8.57. The molecule has 1 aromatic heterocycles. The summed E-state index contributed by atoms with van der Waals surface area (Å²) in [4.78, 5) is 55.0. The summed E-state index contributed by atoms with van der Waals surface area (Å²) in [5.74, 6) is 0.459. The number of rotatable bonds is 15. The molecule has 5 amide bonds. The second kappa shape index (κ2) is 15.2. The fourth-order valence-corrected chi connectivity index (χ4v) is 7.13. The molecule has 3 aliphatic rings. The smallest absolute Gasteiger partial charge is 0.315 e. The predicted octanol–water partition coefficient (Wildman–Crippen LogP) is 1.62. The molecule has 4 heterocycles. The van der Waals surface area contributed by atoms with Crippen LogP contribution in [0.2, 0.25) is 0 Å². The van der Waals surface area contributed by atoms with Gasteiger partial charge in [0.15, 0.2) is 0 Å². The van der Waals surface area contributed by atoms with Crippen LogP contribution >= 0.6 is 11.8 Å². The third-order valence-corrected chi connectivity index (χ3v) is 9.36. The van der Waals surface area contributed by atoms with E-state index in [0.717, 1.165) is 50.7 Å². The molecule has 40 heavy (non-hydrogen) atoms. The first kappa shape index (κ1) is 30.1. The zero-order valence-electron chi connectivity index (χ0n) is 23.0. The lowest BCUT2D eigenvalue weighted by molar-refractivity contribution is -0.139. The highest BCUT2D eigenvalue weighted by atomic mass is 32.2. The number of amides is 5. The molecule has 0 bridgehead atoms. The van der Waals surface area contributed by atoms with Crippen molar-refractivity contribution >= 4 is 35.5 Å². The van der Waals surface area contributed by atoms with E-state index in [1.54, 1.807) is 29.4 Å². The number of aromatic nitrogens is 1. The van der Waals surface area contributed by atoms with Gasteiger partial charge >= 0.3 is 6.03 Å². The minimum atomic E-state index is -1.15. The van der Waals surface area contributed by atoms with E-state index in [4.69, 9.17) is 0 Å². The average molecular weight is 575 g/mol. The summed E-state index contributed by atoms with van der Waals surface area (Å²) in [5, 5.41) is 23.0. The summed E-state index contributed by atoms with van der Waals surface area (Å²) in [6.07, 6.45) is 9.48. The summed E-state index contributed by atoms with van der Waals surface area (Å²) in [6.45, 7) is 1.84. The Morgan fingerprint density at radius 2 is 1.75 bits per heavy atom. The average Bonchev–Trinajstić information content (AvgIpc) is 3.70. The number of unbranched alkanes of at least 4 members (excludes halogenated alkanes) is 3. The molecule has 0 saturated carbocycles. The van der Waals surface area contributed by atoms with Crippen LogP contribution in [-0.4, -0.2) is 87.5 Å². The van der Waals surface area contributed by atoms with E-state index in [9.17, 15) is 24.3 Å². The molecule has 220 valence electrons. The molecule has 0 spiro atoms. The number of carbonyl (C=O) groups excluding carboxylic acids is 4. The Labute approximate surface area is 240 Å². The van der Waals surface area contributed by atoms with Gasteiger partial charge in [0.05, 0.1) is 12.1 Å². The van der Waals surface area contributed by atoms with E-state index in [1.165, 1.54) is 0 Å². The van der Waals surface area contributed by atoms with E-state index in [2.05, 4.69) is 26.3 Å². The SMILES string of the molecule is O=C(CCCC[C@@H]1SC[C@@H]2NC(=O)N[C@@H]21)NCCCCCC(=O)N[C@@H](C(=O)N1CCCC1)[C@H](O)c1ccncc1. The van der Waals surface area contributed by atoms with Gasteiger partial charge in [0.1, 0.15) is 12.1 Å². The van der Waals surface area contributed by atoms with Crippen molar-refractivity contribution in [3.05, 3.63) is 30.1 Å². The van der Waals surface area contributed by atoms with Crippen molar-refractivity contribution in [2.45, 2.75) is 93.7 Å². The molecule has 0 aliphatic carbocycles. The van der Waals surface area contributed by atoms with E-state index < -0.39 is 12.1 Å². The first-order valence-corrected chi connectivity index (χ1v) is 15.6. The molecular weight excluding hydrogens is 532 g/mol. The van der Waals surface area contributed by atoms with Gasteiger partial charge in [0, 0.05) is 55.9 Å². The van der Waals surface area contributed by atoms with Crippen LogP contribution in [0, 0.1) is 0 Å². The molecule has 0 unspecified atom stereocenters. The number of fused-ring (bicyclic) bond motifs is 1. The summed E-state index contributed by atoms with van der Waals surface area (Å²) in [7, 11) is 0. The molecule has 4 rings (SSSR count). The second-order valence-electron chi connectivity index (χ2n) is 10.8. The predicted molar refractivity (Wildman–Crippen MR) is 152 cm³/mol. The van der Waals surface area contributed by atoms with E-state index >= 15 is 0 Å². The lowest BCUT2D eigenvalue weighted by Crippen LogP contribution is -2.51. The number of carbonyl (C=O) groups is 4. The number of pyridine rings is 1. The van der Waals surface area contributed by atoms with Crippen molar-refractivity contribution in [3.8, 4) is 0 Å². The number of hydrogen-bond acceptors (Lipinski definition) is 7. The minimum absolute atomic E-state index is 0.0406. The monoisotopic (exact) mass is 574 g/mol. The van der Waals surface area contributed by atoms with Gasteiger partial charge in [0.2, 0.25) is 17.7 Å². The largest absolute Gasteiger partial charge is 0.386 e. The van der Waals surface area contributed by atoms with Gasteiger partial charge in [-0.2, -0.15) is 11.8 Å². The maximum Gasteiger partial charge on any atom is 0.315 e. The van der Waals surface area contributed by atoms with Gasteiger partial charge in [-0.1, -0.05) is 12.8 Å². The summed E-state index contributed by atoms with van der Waals surface area (Å²) in [6, 6.07) is 2.62. The van der Waals surface area contributed by atoms with E-state index in [1.807, 2.05) is 11.8 Å². The quantitative estimate of drug-likeness (QED) is 0.158. The molecule has 0 aromatic carbocycles. The molecule has 1 aromatic rings. The highest BCUT2D eigenvalue weighted by molar-refractivity contribution is 8.00. The Morgan fingerprint density at radius 1 is 1.02 bits per heavy atom. The summed E-state index contributed by atoms with van der Waals surface area (Å²) < 4.78 is 0. The Kier molecular flexibility index (Phi) is 11.5. The van der Waals surface area contributed by atoms with Crippen LogP contribution in [-0.2, 0) is 14.4 Å². The van der Waals surface area contributed by atoms with Gasteiger partial charge < -0.3 is 31.3 Å². The van der Waals surface area contributed by atoms with Crippen LogP contribution in [0.1, 0.15) is 75.9 Å². The molecule has 3 fully saturated rings. The lowest BCUT2D eigenvalue weighted by Gasteiger charge is -2.28. The standard InChI is InChI=1S/C28H42N6O5S/c35-22(9-4-3-8-21-24-20(18-40-21)31-28(39)33-24)30-13-5-1-2-10-23(36)32-25(27(38)34-16-6-7-17-34)26(37)19-11-14-29-15-12-19/h11-12,14-15,20-21,24-26,37H,1-10,13,16-18H2,(H,30,35)(H,32,36)(H2,31,33,39)/t20-,21-,24-,25+,26+/m0/s1. The minimum Gasteiger partial charge on any atom is -0.386 e. The number of nitrogens with zero attached hydrogens (tertiary/aromatic N) is 2. The van der Waals surface area contributed by atoms with Gasteiger partial charge in [-0.3, -0.25) is 19.4 Å². The fraction of sp³-hybridized carbons (Fsp3) is 0.679. The number of likely N-dealkylation sites (tertiary alicyclic amines) is 1. The second-order valence-corrected chi connectivity index (χ2v) is 12.1. The highest BCUT2D eigenvalue weighted by Gasteiger charge is 2.42. The summed E-state index contributed by atoms with van der Waals surface area (Å²) >= 11 is 1.89. The van der Waals surface area contributed by atoms with Crippen LogP contribution < -0.4 is 21.3 Å². The Hall–Kier alpha value is -2.86. The third-order valence-electron chi connectivity index (χ3n) is 7.85. The van der Waals surface area contributed by atoms with Gasteiger partial charge in [-0.15, -0.1) is 0 Å². The van der Waals surface area contributed by atoms with Crippen LogP contribution in [0.5, 0.6) is 0 Å². The molecule has 3 aliphatic heterocycles. The van der Waals surface area contributed by atoms with Crippen LogP contribution in [0.15, 0.2) is 24.5 Å². The van der Waals surface area contributed by atoms with E-state index in [0.29, 0.717) is 43.3 Å². The van der Waals surface area contributed by atoms with Crippen molar-refractivity contribution in [1.29, 1.82) is 0 Å². The van der Waals surface area contributed by atoms with Crippen molar-refractivity contribution in [2.24, 2.45) is 0 Å². The number of thioether (sulfide) groups is 1. The Bertz CT molecular complexity index is 1010. The molecule has 3 saturated heterocycles.